The smallest absolute Gasteiger partial charge is 0.263 e. The van der Waals surface area contributed by atoms with Gasteiger partial charge in [-0.1, -0.05) is 51.1 Å². The summed E-state index contributed by atoms with van der Waals surface area (Å²) in [6.07, 6.45) is 1.93. The number of carbonyl (C=O) groups excluding carboxylic acids is 2. The molecule has 0 saturated carbocycles. The lowest BCUT2D eigenvalue weighted by Crippen LogP contribution is -2.52. The highest BCUT2D eigenvalue weighted by molar-refractivity contribution is 5.94. The van der Waals surface area contributed by atoms with Crippen molar-refractivity contribution in [2.75, 3.05) is 19.6 Å². The summed E-state index contributed by atoms with van der Waals surface area (Å²) in [5, 5.41) is 0. The molecule has 32 heavy (non-hydrogen) atoms. The third kappa shape index (κ3) is 5.90. The minimum Gasteiger partial charge on any atom is -0.481 e. The van der Waals surface area contributed by atoms with Gasteiger partial charge in [0.1, 0.15) is 5.75 Å². The Morgan fingerprint density at radius 1 is 1.03 bits per heavy atom. The van der Waals surface area contributed by atoms with Gasteiger partial charge in [0.25, 0.3) is 11.8 Å². The van der Waals surface area contributed by atoms with E-state index in [0.29, 0.717) is 25.6 Å². The second kappa shape index (κ2) is 11.2. The van der Waals surface area contributed by atoms with E-state index in [9.17, 15) is 9.59 Å². The molecule has 172 valence electrons. The Morgan fingerprint density at radius 2 is 1.72 bits per heavy atom. The van der Waals surface area contributed by atoms with E-state index in [1.807, 2.05) is 65.3 Å². The van der Waals surface area contributed by atoms with Gasteiger partial charge in [-0.3, -0.25) is 9.59 Å². The maximum Gasteiger partial charge on any atom is 0.263 e. The Kier molecular flexibility index (Phi) is 8.32. The fourth-order valence-corrected chi connectivity index (χ4v) is 4.29. The van der Waals surface area contributed by atoms with Gasteiger partial charge in [0.15, 0.2) is 6.10 Å². The SMILES string of the molecule is CCCN(C(=O)C(C)Oc1cccc(C(C)C)c1)C1CCN(C(=O)c2ccccc2)CC1. The lowest BCUT2D eigenvalue weighted by molar-refractivity contribution is -0.141. The number of ether oxygens (including phenoxy) is 1. The molecule has 0 aromatic heterocycles. The minimum absolute atomic E-state index is 0.0228. The molecule has 1 unspecified atom stereocenters. The molecule has 1 aliphatic heterocycles. The molecule has 0 aliphatic carbocycles. The predicted molar refractivity (Wildman–Crippen MR) is 128 cm³/mol. The van der Waals surface area contributed by atoms with Crippen LogP contribution < -0.4 is 4.74 Å². The molecular weight excluding hydrogens is 400 g/mol. The number of nitrogens with zero attached hydrogens (tertiary/aromatic N) is 2. The summed E-state index contributed by atoms with van der Waals surface area (Å²) in [5.74, 6) is 1.23. The molecule has 5 nitrogen and oxygen atoms in total. The molecule has 1 heterocycles. The predicted octanol–water partition coefficient (Wildman–Crippen LogP) is 5.12. The monoisotopic (exact) mass is 436 g/mol. The number of rotatable bonds is 8. The molecule has 0 N–H and O–H groups in total. The van der Waals surface area contributed by atoms with E-state index < -0.39 is 6.10 Å². The van der Waals surface area contributed by atoms with Crippen LogP contribution in [0, 0.1) is 0 Å². The van der Waals surface area contributed by atoms with Gasteiger partial charge in [-0.25, -0.2) is 0 Å². The molecule has 2 amide bonds. The molecule has 1 aliphatic rings. The molecule has 2 aromatic carbocycles. The first-order chi connectivity index (χ1) is 15.4. The van der Waals surface area contributed by atoms with E-state index >= 15 is 0 Å². The average molecular weight is 437 g/mol. The fourth-order valence-electron chi connectivity index (χ4n) is 4.29. The summed E-state index contributed by atoms with van der Waals surface area (Å²) in [6, 6.07) is 17.5. The Balaban J connectivity index is 1.61. The topological polar surface area (TPSA) is 49.9 Å². The van der Waals surface area contributed by atoms with Crippen molar-refractivity contribution in [1.82, 2.24) is 9.80 Å². The summed E-state index contributed by atoms with van der Waals surface area (Å²) < 4.78 is 6.05. The largest absolute Gasteiger partial charge is 0.481 e. The van der Waals surface area contributed by atoms with Crippen LogP contribution in [0.15, 0.2) is 54.6 Å². The van der Waals surface area contributed by atoms with Crippen molar-refractivity contribution in [2.24, 2.45) is 0 Å². The normalized spacial score (nSPS) is 15.5. The van der Waals surface area contributed by atoms with Crippen LogP contribution in [0.1, 0.15) is 68.8 Å². The second-order valence-corrected chi connectivity index (χ2v) is 8.91. The molecule has 5 heteroatoms. The molecule has 0 bridgehead atoms. The second-order valence-electron chi connectivity index (χ2n) is 8.91. The number of hydrogen-bond acceptors (Lipinski definition) is 3. The van der Waals surface area contributed by atoms with Crippen LogP contribution in [0.25, 0.3) is 0 Å². The van der Waals surface area contributed by atoms with Crippen molar-refractivity contribution in [3.8, 4) is 5.75 Å². The van der Waals surface area contributed by atoms with E-state index in [1.54, 1.807) is 0 Å². The van der Waals surface area contributed by atoms with Gasteiger partial charge in [-0.05, 0) is 61.9 Å². The third-order valence-electron chi connectivity index (χ3n) is 6.15. The fraction of sp³-hybridized carbons (Fsp3) is 0.481. The van der Waals surface area contributed by atoms with Crippen LogP contribution in [-0.4, -0.2) is 53.4 Å². The van der Waals surface area contributed by atoms with Crippen molar-refractivity contribution < 1.29 is 14.3 Å². The third-order valence-corrected chi connectivity index (χ3v) is 6.15. The van der Waals surface area contributed by atoms with Crippen LogP contribution in [0.3, 0.4) is 0 Å². The molecular formula is C27H36N2O3. The van der Waals surface area contributed by atoms with Crippen LogP contribution in [-0.2, 0) is 4.79 Å². The molecule has 1 saturated heterocycles. The van der Waals surface area contributed by atoms with E-state index in [0.717, 1.165) is 30.6 Å². The number of amides is 2. The van der Waals surface area contributed by atoms with E-state index in [2.05, 4.69) is 26.8 Å². The zero-order valence-corrected chi connectivity index (χ0v) is 19.8. The van der Waals surface area contributed by atoms with Gasteiger partial charge >= 0.3 is 0 Å². The highest BCUT2D eigenvalue weighted by atomic mass is 16.5. The summed E-state index contributed by atoms with van der Waals surface area (Å²) in [6.45, 7) is 10.2. The molecule has 1 fully saturated rings. The van der Waals surface area contributed by atoms with Crippen LogP contribution in [0.2, 0.25) is 0 Å². The van der Waals surface area contributed by atoms with Gasteiger partial charge in [-0.2, -0.15) is 0 Å². The Bertz CT molecular complexity index is 889. The number of likely N-dealkylation sites (tertiary alicyclic amines) is 1. The van der Waals surface area contributed by atoms with Crippen molar-refractivity contribution in [3.63, 3.8) is 0 Å². The van der Waals surface area contributed by atoms with Gasteiger partial charge < -0.3 is 14.5 Å². The molecule has 1 atom stereocenters. The summed E-state index contributed by atoms with van der Waals surface area (Å²) >= 11 is 0. The van der Waals surface area contributed by atoms with E-state index in [1.165, 1.54) is 5.56 Å². The molecule has 3 rings (SSSR count). The van der Waals surface area contributed by atoms with Crippen molar-refractivity contribution in [3.05, 3.63) is 65.7 Å². The summed E-state index contributed by atoms with van der Waals surface area (Å²) in [7, 11) is 0. The summed E-state index contributed by atoms with van der Waals surface area (Å²) in [4.78, 5) is 29.9. The highest BCUT2D eigenvalue weighted by Gasteiger charge is 2.32. The number of hydrogen-bond donors (Lipinski definition) is 0. The van der Waals surface area contributed by atoms with Gasteiger partial charge in [0, 0.05) is 31.2 Å². The number of benzene rings is 2. The van der Waals surface area contributed by atoms with Crippen LogP contribution in [0.5, 0.6) is 5.75 Å². The average Bonchev–Trinajstić information content (AvgIpc) is 2.82. The number of carbonyl (C=O) groups is 2. The molecule has 2 aromatic rings. The van der Waals surface area contributed by atoms with Crippen molar-refractivity contribution in [2.45, 2.75) is 65.0 Å². The zero-order valence-electron chi connectivity index (χ0n) is 19.8. The van der Waals surface area contributed by atoms with Gasteiger partial charge in [0.2, 0.25) is 0 Å². The Morgan fingerprint density at radius 3 is 2.34 bits per heavy atom. The maximum absolute atomic E-state index is 13.3. The minimum atomic E-state index is -0.548. The quantitative estimate of drug-likeness (QED) is 0.577. The maximum atomic E-state index is 13.3. The molecule has 0 radical (unpaired) electrons. The Hall–Kier alpha value is -2.82. The first kappa shape index (κ1) is 23.8. The standard InChI is InChI=1S/C27H36N2O3/c1-5-16-29(26(30)21(4)32-25-13-9-12-23(19-25)20(2)3)24-14-17-28(18-15-24)27(31)22-10-7-6-8-11-22/h6-13,19-21,24H,5,14-18H2,1-4H3. The highest BCUT2D eigenvalue weighted by Crippen LogP contribution is 2.23. The van der Waals surface area contributed by atoms with Crippen molar-refractivity contribution in [1.29, 1.82) is 0 Å². The lowest BCUT2D eigenvalue weighted by atomic mass is 10.0. The van der Waals surface area contributed by atoms with E-state index in [-0.39, 0.29) is 17.9 Å². The zero-order chi connectivity index (χ0) is 23.1. The first-order valence-corrected chi connectivity index (χ1v) is 11.8. The number of piperidine rings is 1. The van der Waals surface area contributed by atoms with Gasteiger partial charge in [-0.15, -0.1) is 0 Å². The van der Waals surface area contributed by atoms with Crippen molar-refractivity contribution >= 4 is 11.8 Å². The van der Waals surface area contributed by atoms with E-state index in [4.69, 9.17) is 4.74 Å². The molecule has 0 spiro atoms. The Labute approximate surface area is 192 Å². The van der Waals surface area contributed by atoms with Gasteiger partial charge in [0.05, 0.1) is 0 Å². The lowest BCUT2D eigenvalue weighted by Gasteiger charge is -2.39. The van der Waals surface area contributed by atoms with Crippen LogP contribution >= 0.6 is 0 Å². The first-order valence-electron chi connectivity index (χ1n) is 11.8. The summed E-state index contributed by atoms with van der Waals surface area (Å²) in [5.41, 5.74) is 1.92. The van der Waals surface area contributed by atoms with Crippen LogP contribution in [0.4, 0.5) is 0 Å².